The molecule has 4 saturated carbocycles. The molecule has 0 saturated heterocycles. The zero-order chi connectivity index (χ0) is 20.1. The summed E-state index contributed by atoms with van der Waals surface area (Å²) in [4.78, 5) is 12.6. The van der Waals surface area contributed by atoms with E-state index >= 15 is 0 Å². The van der Waals surface area contributed by atoms with Gasteiger partial charge in [-0.25, -0.2) is 0 Å². The second-order valence-electron chi connectivity index (χ2n) is 9.40. The van der Waals surface area contributed by atoms with Gasteiger partial charge in [0.05, 0.1) is 19.1 Å². The molecule has 6 rings (SSSR count). The minimum atomic E-state index is -0.557. The van der Waals surface area contributed by atoms with Gasteiger partial charge in [-0.3, -0.25) is 4.79 Å². The van der Waals surface area contributed by atoms with Crippen molar-refractivity contribution in [3.63, 3.8) is 0 Å². The Balaban J connectivity index is 1.22. The normalized spacial score (nSPS) is 32.3. The standard InChI is InChI=1S/C23H27NO5/c1-27-20-5-3-2-4-18(20)19-7-17(29-24-19)13-28-21(25)12-22-8-15-6-16(9-22)11-23(26,10-15)14-22/h2-5,7,15-16,26H,6,8-14H2,1H3/t15-,16-,22?,23?/m1/s1. The number of carbonyl (C=O) groups excluding carboxylic acids is 1. The molecule has 1 aromatic carbocycles. The van der Waals surface area contributed by atoms with Gasteiger partial charge in [0.1, 0.15) is 11.4 Å². The number of ether oxygens (including phenoxy) is 2. The van der Waals surface area contributed by atoms with E-state index in [4.69, 9.17) is 14.0 Å². The summed E-state index contributed by atoms with van der Waals surface area (Å²) >= 11 is 0. The molecule has 2 aromatic rings. The van der Waals surface area contributed by atoms with Crippen molar-refractivity contribution in [3.05, 3.63) is 36.1 Å². The van der Waals surface area contributed by atoms with Crippen LogP contribution in [0.15, 0.2) is 34.9 Å². The fourth-order valence-electron chi connectivity index (χ4n) is 6.48. The van der Waals surface area contributed by atoms with Gasteiger partial charge in [-0.15, -0.1) is 0 Å². The van der Waals surface area contributed by atoms with Crippen molar-refractivity contribution in [2.24, 2.45) is 17.3 Å². The monoisotopic (exact) mass is 397 g/mol. The Labute approximate surface area is 170 Å². The van der Waals surface area contributed by atoms with E-state index < -0.39 is 5.60 Å². The molecule has 0 aliphatic heterocycles. The van der Waals surface area contributed by atoms with Crippen LogP contribution in [0.4, 0.5) is 0 Å². The van der Waals surface area contributed by atoms with E-state index in [-0.39, 0.29) is 18.0 Å². The van der Waals surface area contributed by atoms with Crippen molar-refractivity contribution in [2.75, 3.05) is 7.11 Å². The molecule has 1 heterocycles. The van der Waals surface area contributed by atoms with Gasteiger partial charge >= 0.3 is 5.97 Å². The largest absolute Gasteiger partial charge is 0.496 e. The van der Waals surface area contributed by atoms with Crippen LogP contribution in [0.2, 0.25) is 0 Å². The Bertz CT molecular complexity index is 905. The number of benzene rings is 1. The third-order valence-electron chi connectivity index (χ3n) is 6.99. The average Bonchev–Trinajstić information content (AvgIpc) is 3.13. The van der Waals surface area contributed by atoms with Gasteiger partial charge in [-0.05, 0) is 67.9 Å². The van der Waals surface area contributed by atoms with Gasteiger partial charge in [-0.1, -0.05) is 17.3 Å². The van der Waals surface area contributed by atoms with E-state index in [1.54, 1.807) is 13.2 Å². The van der Waals surface area contributed by atoms with E-state index in [9.17, 15) is 9.90 Å². The van der Waals surface area contributed by atoms with Gasteiger partial charge in [0.2, 0.25) is 0 Å². The zero-order valence-corrected chi connectivity index (χ0v) is 16.7. The molecule has 6 nitrogen and oxygen atoms in total. The van der Waals surface area contributed by atoms with Gasteiger partial charge in [0.25, 0.3) is 0 Å². The van der Waals surface area contributed by atoms with Crippen LogP contribution in [-0.2, 0) is 16.1 Å². The molecule has 4 fully saturated rings. The SMILES string of the molecule is COc1ccccc1-c1cc(COC(=O)CC23C[C@H]4C[C@@H](CC(O)(C4)C2)C3)on1. The third-order valence-corrected chi connectivity index (χ3v) is 6.99. The number of para-hydroxylation sites is 1. The smallest absolute Gasteiger partial charge is 0.306 e. The highest BCUT2D eigenvalue weighted by Crippen LogP contribution is 2.62. The number of aliphatic hydroxyl groups is 1. The Morgan fingerprint density at radius 1 is 1.24 bits per heavy atom. The summed E-state index contributed by atoms with van der Waals surface area (Å²) in [6.07, 6.45) is 6.23. The highest BCUT2D eigenvalue weighted by atomic mass is 16.5. The van der Waals surface area contributed by atoms with Gasteiger partial charge < -0.3 is 19.1 Å². The van der Waals surface area contributed by atoms with Crippen LogP contribution in [0.5, 0.6) is 5.75 Å². The van der Waals surface area contributed by atoms with Crippen molar-refractivity contribution in [2.45, 2.75) is 57.2 Å². The van der Waals surface area contributed by atoms with Crippen LogP contribution in [0.3, 0.4) is 0 Å². The second kappa shape index (κ2) is 6.87. The lowest BCUT2D eigenvalue weighted by Gasteiger charge is -2.60. The van der Waals surface area contributed by atoms with E-state index in [1.807, 2.05) is 24.3 Å². The Kier molecular flexibility index (Phi) is 4.42. The van der Waals surface area contributed by atoms with Gasteiger partial charge in [0, 0.05) is 11.6 Å². The molecule has 2 atom stereocenters. The fourth-order valence-corrected chi connectivity index (χ4v) is 6.48. The van der Waals surface area contributed by atoms with E-state index in [0.29, 0.717) is 35.5 Å². The number of methoxy groups -OCH3 is 1. The van der Waals surface area contributed by atoms with Crippen LogP contribution < -0.4 is 4.74 Å². The number of aromatic nitrogens is 1. The number of nitrogens with zero attached hydrogens (tertiary/aromatic N) is 1. The molecular formula is C23H27NO5. The van der Waals surface area contributed by atoms with Crippen LogP contribution in [-0.4, -0.2) is 28.9 Å². The molecule has 1 aromatic heterocycles. The number of hydrogen-bond donors (Lipinski definition) is 1. The fraction of sp³-hybridized carbons (Fsp3) is 0.565. The molecule has 4 bridgehead atoms. The van der Waals surface area contributed by atoms with Crippen molar-refractivity contribution in [3.8, 4) is 17.0 Å². The maximum Gasteiger partial charge on any atom is 0.306 e. The Morgan fingerprint density at radius 3 is 2.72 bits per heavy atom. The van der Waals surface area contributed by atoms with Crippen molar-refractivity contribution in [1.82, 2.24) is 5.16 Å². The van der Waals surface area contributed by atoms with Gasteiger partial charge in [-0.2, -0.15) is 0 Å². The summed E-state index contributed by atoms with van der Waals surface area (Å²) < 4.78 is 16.2. The summed E-state index contributed by atoms with van der Waals surface area (Å²) in [5.41, 5.74) is 0.841. The number of hydrogen-bond acceptors (Lipinski definition) is 6. The third kappa shape index (κ3) is 3.54. The Hall–Kier alpha value is -2.34. The first-order valence-corrected chi connectivity index (χ1v) is 10.4. The van der Waals surface area contributed by atoms with Gasteiger partial charge in [0.15, 0.2) is 12.4 Å². The molecule has 0 unspecified atom stereocenters. The summed E-state index contributed by atoms with van der Waals surface area (Å²) in [6, 6.07) is 9.35. The number of carbonyl (C=O) groups is 1. The lowest BCUT2D eigenvalue weighted by atomic mass is 9.47. The van der Waals surface area contributed by atoms with Crippen LogP contribution in [0.25, 0.3) is 11.3 Å². The van der Waals surface area contributed by atoms with E-state index in [1.165, 1.54) is 6.42 Å². The molecule has 0 radical (unpaired) electrons. The number of esters is 1. The lowest BCUT2D eigenvalue weighted by molar-refractivity contribution is -0.177. The lowest BCUT2D eigenvalue weighted by Crippen LogP contribution is -2.56. The highest BCUT2D eigenvalue weighted by molar-refractivity contribution is 5.70. The molecule has 1 N–H and O–H groups in total. The van der Waals surface area contributed by atoms with Crippen molar-refractivity contribution >= 4 is 5.97 Å². The van der Waals surface area contributed by atoms with Crippen LogP contribution in [0, 0.1) is 17.3 Å². The summed E-state index contributed by atoms with van der Waals surface area (Å²) in [6.45, 7) is 0.0637. The minimum Gasteiger partial charge on any atom is -0.496 e. The molecule has 4 aliphatic carbocycles. The molecule has 154 valence electrons. The summed E-state index contributed by atoms with van der Waals surface area (Å²) in [7, 11) is 1.61. The zero-order valence-electron chi connectivity index (χ0n) is 16.7. The summed E-state index contributed by atoms with van der Waals surface area (Å²) in [5.74, 6) is 2.12. The minimum absolute atomic E-state index is 0.0637. The molecule has 0 amide bonds. The first-order chi connectivity index (χ1) is 14.0. The van der Waals surface area contributed by atoms with E-state index in [2.05, 4.69) is 5.16 Å². The van der Waals surface area contributed by atoms with Crippen LogP contribution >= 0.6 is 0 Å². The molecular weight excluding hydrogens is 370 g/mol. The molecule has 0 spiro atoms. The quantitative estimate of drug-likeness (QED) is 0.739. The summed E-state index contributed by atoms with van der Waals surface area (Å²) in [5, 5.41) is 14.9. The second-order valence-corrected chi connectivity index (χ2v) is 9.40. The topological polar surface area (TPSA) is 81.8 Å². The molecule has 6 heteroatoms. The number of rotatable bonds is 6. The Morgan fingerprint density at radius 2 is 2.00 bits per heavy atom. The maximum absolute atomic E-state index is 12.6. The van der Waals surface area contributed by atoms with E-state index in [0.717, 1.165) is 37.7 Å². The maximum atomic E-state index is 12.6. The molecule has 4 aliphatic rings. The van der Waals surface area contributed by atoms with Crippen molar-refractivity contribution in [1.29, 1.82) is 0 Å². The highest BCUT2D eigenvalue weighted by Gasteiger charge is 2.57. The molecule has 29 heavy (non-hydrogen) atoms. The first kappa shape index (κ1) is 18.7. The average molecular weight is 397 g/mol. The predicted octanol–water partition coefficient (Wildman–Crippen LogP) is 4.11. The first-order valence-electron chi connectivity index (χ1n) is 10.4. The van der Waals surface area contributed by atoms with Crippen LogP contribution in [0.1, 0.15) is 50.7 Å². The predicted molar refractivity (Wildman–Crippen MR) is 105 cm³/mol. The van der Waals surface area contributed by atoms with Crippen molar-refractivity contribution < 1.29 is 23.9 Å².